The lowest BCUT2D eigenvalue weighted by molar-refractivity contribution is -0.137. The van der Waals surface area contributed by atoms with Crippen LogP contribution in [0, 0.1) is 0 Å². The average molecular weight is 358 g/mol. The average Bonchev–Trinajstić information content (AvgIpc) is 2.97. The fourth-order valence-electron chi connectivity index (χ4n) is 3.28. The Morgan fingerprint density at radius 1 is 1.36 bits per heavy atom. The van der Waals surface area contributed by atoms with Crippen molar-refractivity contribution in [2.45, 2.75) is 31.0 Å². The fourth-order valence-corrected chi connectivity index (χ4v) is 3.28. The van der Waals surface area contributed by atoms with Gasteiger partial charge in [0.2, 0.25) is 5.91 Å². The molecule has 0 bridgehead atoms. The van der Waals surface area contributed by atoms with Crippen LogP contribution >= 0.6 is 0 Å². The minimum Gasteiger partial charge on any atom is -0.382 e. The van der Waals surface area contributed by atoms with E-state index in [0.29, 0.717) is 19.4 Å². The summed E-state index contributed by atoms with van der Waals surface area (Å²) in [5.41, 5.74) is -1.77. The molecule has 5 nitrogen and oxygen atoms in total. The first kappa shape index (κ1) is 19.2. The largest absolute Gasteiger partial charge is 0.416 e. The molecule has 8 heteroatoms. The number of amides is 2. The lowest BCUT2D eigenvalue weighted by Crippen LogP contribution is -2.52. The summed E-state index contributed by atoms with van der Waals surface area (Å²) >= 11 is 0. The number of ether oxygens (including phenoxy) is 1. The van der Waals surface area contributed by atoms with Crippen LogP contribution in [0.15, 0.2) is 24.3 Å². The third kappa shape index (κ3) is 4.12. The van der Waals surface area contributed by atoms with E-state index in [-0.39, 0.29) is 24.5 Å². The second kappa shape index (κ2) is 7.43. The van der Waals surface area contributed by atoms with Gasteiger partial charge in [-0.15, -0.1) is 0 Å². The van der Waals surface area contributed by atoms with Gasteiger partial charge in [-0.2, -0.15) is 13.2 Å². The number of benzene rings is 1. The van der Waals surface area contributed by atoms with E-state index < -0.39 is 23.2 Å². The van der Waals surface area contributed by atoms with E-state index in [0.717, 1.165) is 12.1 Å². The number of hydrogen-bond acceptors (Lipinski definition) is 3. The number of halogens is 3. The molecule has 2 rings (SSSR count). The van der Waals surface area contributed by atoms with Crippen molar-refractivity contribution in [3.63, 3.8) is 0 Å². The Morgan fingerprint density at radius 2 is 2.08 bits per heavy atom. The number of carbonyl (C=O) groups is 2. The van der Waals surface area contributed by atoms with Crippen molar-refractivity contribution in [3.8, 4) is 0 Å². The van der Waals surface area contributed by atoms with Crippen molar-refractivity contribution in [1.29, 1.82) is 0 Å². The molecule has 0 unspecified atom stereocenters. The topological polar surface area (TPSA) is 58.6 Å². The highest BCUT2D eigenvalue weighted by atomic mass is 19.4. The Morgan fingerprint density at radius 3 is 2.68 bits per heavy atom. The molecule has 1 atom stereocenters. The van der Waals surface area contributed by atoms with Gasteiger partial charge in [0.15, 0.2) is 0 Å². The van der Waals surface area contributed by atoms with E-state index in [9.17, 15) is 22.8 Å². The van der Waals surface area contributed by atoms with Gasteiger partial charge in [-0.05, 0) is 31.0 Å². The molecule has 1 saturated heterocycles. The van der Waals surface area contributed by atoms with Crippen molar-refractivity contribution >= 4 is 11.8 Å². The van der Waals surface area contributed by atoms with Crippen LogP contribution in [0.4, 0.5) is 13.2 Å². The summed E-state index contributed by atoms with van der Waals surface area (Å²) in [6, 6.07) is 4.34. The molecule has 0 radical (unpaired) electrons. The number of alkyl halides is 3. The van der Waals surface area contributed by atoms with Gasteiger partial charge < -0.3 is 15.0 Å². The number of nitrogens with zero attached hydrogens (tertiary/aromatic N) is 1. The van der Waals surface area contributed by atoms with E-state index in [4.69, 9.17) is 4.74 Å². The Bertz CT molecular complexity index is 648. The van der Waals surface area contributed by atoms with Crippen LogP contribution in [0.25, 0.3) is 0 Å². The molecule has 1 fully saturated rings. The summed E-state index contributed by atoms with van der Waals surface area (Å²) in [5.74, 6) is -0.773. The molecule has 1 aromatic carbocycles. The minimum atomic E-state index is -4.52. The van der Waals surface area contributed by atoms with Gasteiger partial charge in [0.25, 0.3) is 5.91 Å². The van der Waals surface area contributed by atoms with Gasteiger partial charge in [-0.25, -0.2) is 0 Å². The van der Waals surface area contributed by atoms with Crippen LogP contribution in [0.5, 0.6) is 0 Å². The summed E-state index contributed by atoms with van der Waals surface area (Å²) < 4.78 is 43.9. The van der Waals surface area contributed by atoms with Crippen molar-refractivity contribution in [1.82, 2.24) is 10.2 Å². The Balaban J connectivity index is 2.34. The molecule has 1 aliphatic heterocycles. The molecule has 1 aliphatic rings. The van der Waals surface area contributed by atoms with Crippen molar-refractivity contribution in [2.75, 3.05) is 27.3 Å². The molecule has 0 aromatic heterocycles. The SMILES string of the molecule is CNC(=O)C[C@@]1(COC)CCCN1C(=O)c1cccc(C(F)(F)F)c1. The molecule has 1 N–H and O–H groups in total. The maximum absolute atomic E-state index is 12.9. The monoisotopic (exact) mass is 358 g/mol. The van der Waals surface area contributed by atoms with Gasteiger partial charge in [0.1, 0.15) is 0 Å². The van der Waals surface area contributed by atoms with Crippen LogP contribution in [-0.2, 0) is 15.7 Å². The first-order valence-electron chi connectivity index (χ1n) is 7.92. The van der Waals surface area contributed by atoms with E-state index in [1.807, 2.05) is 0 Å². The normalized spacial score (nSPS) is 20.6. The smallest absolute Gasteiger partial charge is 0.382 e. The number of carbonyl (C=O) groups excluding carboxylic acids is 2. The van der Waals surface area contributed by atoms with Crippen LogP contribution < -0.4 is 5.32 Å². The highest BCUT2D eigenvalue weighted by Gasteiger charge is 2.45. The molecule has 1 aromatic rings. The first-order valence-corrected chi connectivity index (χ1v) is 7.92. The van der Waals surface area contributed by atoms with E-state index in [1.165, 1.54) is 31.2 Å². The number of hydrogen-bond donors (Lipinski definition) is 1. The van der Waals surface area contributed by atoms with Gasteiger partial charge in [-0.1, -0.05) is 6.07 Å². The molecule has 2 amide bonds. The van der Waals surface area contributed by atoms with Crippen molar-refractivity contribution in [3.05, 3.63) is 35.4 Å². The summed E-state index contributed by atoms with van der Waals surface area (Å²) in [6.07, 6.45) is -3.26. The molecule has 25 heavy (non-hydrogen) atoms. The maximum Gasteiger partial charge on any atom is 0.416 e. The van der Waals surface area contributed by atoms with Crippen LogP contribution in [-0.4, -0.2) is 49.6 Å². The second-order valence-electron chi connectivity index (χ2n) is 6.15. The molecular formula is C17H21F3N2O3. The number of rotatable bonds is 5. The molecular weight excluding hydrogens is 337 g/mol. The Hall–Kier alpha value is -2.09. The first-order chi connectivity index (χ1) is 11.7. The Kier molecular flexibility index (Phi) is 5.72. The molecule has 1 heterocycles. The number of likely N-dealkylation sites (tertiary alicyclic amines) is 1. The van der Waals surface area contributed by atoms with E-state index in [1.54, 1.807) is 0 Å². The molecule has 0 aliphatic carbocycles. The van der Waals surface area contributed by atoms with Gasteiger partial charge >= 0.3 is 6.18 Å². The number of methoxy groups -OCH3 is 1. The van der Waals surface area contributed by atoms with Gasteiger partial charge in [0.05, 0.1) is 24.1 Å². The van der Waals surface area contributed by atoms with E-state index >= 15 is 0 Å². The van der Waals surface area contributed by atoms with Crippen LogP contribution in [0.3, 0.4) is 0 Å². The zero-order valence-corrected chi connectivity index (χ0v) is 14.2. The zero-order chi connectivity index (χ0) is 18.7. The minimum absolute atomic E-state index is 0.0437. The summed E-state index contributed by atoms with van der Waals surface area (Å²) in [7, 11) is 2.97. The highest BCUT2D eigenvalue weighted by molar-refractivity contribution is 5.95. The van der Waals surface area contributed by atoms with Crippen molar-refractivity contribution in [2.24, 2.45) is 0 Å². The predicted molar refractivity (Wildman–Crippen MR) is 85.0 cm³/mol. The number of nitrogens with one attached hydrogen (secondary N) is 1. The maximum atomic E-state index is 12.9. The quantitative estimate of drug-likeness (QED) is 0.880. The summed E-state index contributed by atoms with van der Waals surface area (Å²) in [4.78, 5) is 26.2. The highest BCUT2D eigenvalue weighted by Crippen LogP contribution is 2.35. The predicted octanol–water partition coefficient (Wildman–Crippen LogP) is 2.46. The third-order valence-corrected chi connectivity index (χ3v) is 4.46. The second-order valence-corrected chi connectivity index (χ2v) is 6.15. The van der Waals surface area contributed by atoms with Crippen LogP contribution in [0.2, 0.25) is 0 Å². The van der Waals surface area contributed by atoms with E-state index in [2.05, 4.69) is 5.32 Å². The molecule has 0 spiro atoms. The zero-order valence-electron chi connectivity index (χ0n) is 14.2. The van der Waals surface area contributed by atoms with Crippen molar-refractivity contribution < 1.29 is 27.5 Å². The standard InChI is InChI=1S/C17H21F3N2O3/c1-21-14(23)10-16(11-25-2)7-4-8-22(16)15(24)12-5-3-6-13(9-12)17(18,19)20/h3,5-6,9H,4,7-8,10-11H2,1-2H3,(H,21,23)/t16-/m1/s1. The molecule has 0 saturated carbocycles. The lowest BCUT2D eigenvalue weighted by Gasteiger charge is -2.37. The Labute approximate surface area is 144 Å². The summed E-state index contributed by atoms with van der Waals surface area (Å²) in [6.45, 7) is 0.514. The molecule has 138 valence electrons. The lowest BCUT2D eigenvalue weighted by atomic mass is 9.91. The fraction of sp³-hybridized carbons (Fsp3) is 0.529. The van der Waals surface area contributed by atoms with Gasteiger partial charge in [0, 0.05) is 26.3 Å². The third-order valence-electron chi connectivity index (χ3n) is 4.46. The van der Waals surface area contributed by atoms with Gasteiger partial charge in [-0.3, -0.25) is 9.59 Å². The summed E-state index contributed by atoms with van der Waals surface area (Å²) in [5, 5.41) is 2.52. The van der Waals surface area contributed by atoms with Crippen LogP contribution in [0.1, 0.15) is 35.2 Å².